The van der Waals surface area contributed by atoms with E-state index in [2.05, 4.69) is 0 Å². The number of allylic oxidation sites excluding steroid dienone is 1. The third-order valence-electron chi connectivity index (χ3n) is 3.35. The van der Waals surface area contributed by atoms with Gasteiger partial charge in [-0.2, -0.15) is 0 Å². The molecule has 2 rings (SSSR count). The van der Waals surface area contributed by atoms with Crippen LogP contribution in [0.3, 0.4) is 0 Å². The zero-order chi connectivity index (χ0) is 20.2. The van der Waals surface area contributed by atoms with Crippen LogP contribution in [0.15, 0.2) is 54.6 Å². The van der Waals surface area contributed by atoms with Gasteiger partial charge in [-0.1, -0.05) is 30.3 Å². The molecule has 146 valence electrons. The fourth-order valence-corrected chi connectivity index (χ4v) is 2.18. The number of aliphatic hydroxyl groups excluding tert-OH is 1. The highest BCUT2D eigenvalue weighted by molar-refractivity contribution is 5.73. The third kappa shape index (κ3) is 9.61. The first-order valence-corrected chi connectivity index (χ1v) is 9.15. The molecule has 0 aromatic heterocycles. The topological polar surface area (TPSA) is 55.8 Å². The summed E-state index contributed by atoms with van der Waals surface area (Å²) in [5.41, 5.74) is 1.91. The number of aliphatic hydroxyl groups is 1. The number of ether oxygens (including phenoxy) is 2. The Bertz CT molecular complexity index is 683. The summed E-state index contributed by atoms with van der Waals surface area (Å²) in [4.78, 5) is 10.1. The van der Waals surface area contributed by atoms with Gasteiger partial charge in [-0.05, 0) is 76.1 Å². The first kappa shape index (κ1) is 22.5. The summed E-state index contributed by atoms with van der Waals surface area (Å²) in [6.45, 7) is 9.70. The Morgan fingerprint density at radius 1 is 0.778 bits per heavy atom. The quantitative estimate of drug-likeness (QED) is 0.537. The van der Waals surface area contributed by atoms with Crippen molar-refractivity contribution in [2.45, 2.75) is 52.9 Å². The second-order valence-electron chi connectivity index (χ2n) is 6.64. The van der Waals surface area contributed by atoms with E-state index >= 15 is 0 Å². The molecular formula is C23H30O4. The van der Waals surface area contributed by atoms with Gasteiger partial charge in [-0.15, -0.1) is 0 Å². The molecule has 0 heterocycles. The SMILES string of the molecule is CC(C)Oc1ccc(/C=C/C=O)cc1.CC(C)Oc1ccc(C(C)O)cc1. The molecule has 4 heteroatoms. The fraction of sp³-hybridized carbons (Fsp3) is 0.348. The molecule has 0 fully saturated rings. The Morgan fingerprint density at radius 2 is 1.22 bits per heavy atom. The molecule has 0 bridgehead atoms. The van der Waals surface area contributed by atoms with Gasteiger partial charge in [-0.25, -0.2) is 0 Å². The predicted molar refractivity (Wildman–Crippen MR) is 110 cm³/mol. The highest BCUT2D eigenvalue weighted by atomic mass is 16.5. The van der Waals surface area contributed by atoms with Crippen molar-refractivity contribution in [3.05, 3.63) is 65.7 Å². The summed E-state index contributed by atoms with van der Waals surface area (Å²) < 4.78 is 10.9. The van der Waals surface area contributed by atoms with Gasteiger partial charge in [0.25, 0.3) is 0 Å². The Morgan fingerprint density at radius 3 is 1.59 bits per heavy atom. The molecule has 1 unspecified atom stereocenters. The molecule has 4 nitrogen and oxygen atoms in total. The van der Waals surface area contributed by atoms with Crippen LogP contribution in [0.25, 0.3) is 6.08 Å². The number of carbonyl (C=O) groups excluding carboxylic acids is 1. The molecule has 1 atom stereocenters. The number of benzene rings is 2. The van der Waals surface area contributed by atoms with E-state index in [1.807, 2.05) is 76.2 Å². The molecule has 27 heavy (non-hydrogen) atoms. The summed E-state index contributed by atoms with van der Waals surface area (Å²) >= 11 is 0. The van der Waals surface area contributed by atoms with E-state index in [1.165, 1.54) is 6.08 Å². The van der Waals surface area contributed by atoms with Gasteiger partial charge in [-0.3, -0.25) is 4.79 Å². The molecule has 0 aliphatic carbocycles. The van der Waals surface area contributed by atoms with Crippen LogP contribution in [-0.2, 0) is 4.79 Å². The third-order valence-corrected chi connectivity index (χ3v) is 3.35. The van der Waals surface area contributed by atoms with E-state index in [1.54, 1.807) is 13.0 Å². The molecule has 0 aliphatic heterocycles. The summed E-state index contributed by atoms with van der Waals surface area (Å²) in [6.07, 6.45) is 3.96. The van der Waals surface area contributed by atoms with Crippen molar-refractivity contribution in [1.82, 2.24) is 0 Å². The van der Waals surface area contributed by atoms with Gasteiger partial charge in [0.15, 0.2) is 0 Å². The van der Waals surface area contributed by atoms with Gasteiger partial charge >= 0.3 is 0 Å². The Hall–Kier alpha value is -2.59. The summed E-state index contributed by atoms with van der Waals surface area (Å²) in [5, 5.41) is 9.26. The van der Waals surface area contributed by atoms with Crippen molar-refractivity contribution in [1.29, 1.82) is 0 Å². The van der Waals surface area contributed by atoms with Crippen molar-refractivity contribution < 1.29 is 19.4 Å². The van der Waals surface area contributed by atoms with Crippen LogP contribution in [0.1, 0.15) is 51.8 Å². The Labute approximate surface area is 162 Å². The van der Waals surface area contributed by atoms with E-state index in [0.717, 1.165) is 28.9 Å². The zero-order valence-electron chi connectivity index (χ0n) is 16.8. The first-order chi connectivity index (χ1) is 12.8. The number of hydrogen-bond acceptors (Lipinski definition) is 4. The lowest BCUT2D eigenvalue weighted by molar-refractivity contribution is -0.104. The number of hydrogen-bond donors (Lipinski definition) is 1. The van der Waals surface area contributed by atoms with E-state index < -0.39 is 6.10 Å². The molecule has 0 radical (unpaired) electrons. The average molecular weight is 370 g/mol. The van der Waals surface area contributed by atoms with Crippen molar-refractivity contribution in [3.63, 3.8) is 0 Å². The average Bonchev–Trinajstić information content (AvgIpc) is 2.61. The van der Waals surface area contributed by atoms with Crippen LogP contribution < -0.4 is 9.47 Å². The second kappa shape index (κ2) is 11.9. The van der Waals surface area contributed by atoms with Crippen LogP contribution in [0, 0.1) is 0 Å². The number of rotatable bonds is 7. The van der Waals surface area contributed by atoms with Crippen LogP contribution >= 0.6 is 0 Å². The minimum Gasteiger partial charge on any atom is -0.491 e. The fourth-order valence-electron chi connectivity index (χ4n) is 2.18. The minimum absolute atomic E-state index is 0.186. The Balaban J connectivity index is 0.000000271. The van der Waals surface area contributed by atoms with Gasteiger partial charge in [0.05, 0.1) is 18.3 Å². The maximum absolute atomic E-state index is 10.1. The molecular weight excluding hydrogens is 340 g/mol. The lowest BCUT2D eigenvalue weighted by atomic mass is 10.1. The smallest absolute Gasteiger partial charge is 0.142 e. The van der Waals surface area contributed by atoms with E-state index in [9.17, 15) is 9.90 Å². The van der Waals surface area contributed by atoms with E-state index in [0.29, 0.717) is 0 Å². The molecule has 2 aromatic carbocycles. The summed E-state index contributed by atoms with van der Waals surface area (Å²) in [7, 11) is 0. The molecule has 2 aromatic rings. The van der Waals surface area contributed by atoms with Crippen LogP contribution in [0.5, 0.6) is 11.5 Å². The van der Waals surface area contributed by atoms with E-state index in [-0.39, 0.29) is 12.2 Å². The maximum atomic E-state index is 10.1. The van der Waals surface area contributed by atoms with Gasteiger partial charge in [0.1, 0.15) is 17.8 Å². The molecule has 0 saturated carbocycles. The normalized spacial score (nSPS) is 11.9. The molecule has 1 N–H and O–H groups in total. The standard InChI is InChI=1S/C12H14O2.C11H16O2/c1-10(2)14-12-7-5-11(6-8-12)4-3-9-13;1-8(2)13-11-6-4-10(5-7-11)9(3)12/h3-10H,1-2H3;4-9,12H,1-3H3/b4-3+;. The van der Waals surface area contributed by atoms with Gasteiger partial charge in [0, 0.05) is 0 Å². The van der Waals surface area contributed by atoms with Crippen LogP contribution in [-0.4, -0.2) is 23.6 Å². The van der Waals surface area contributed by atoms with Crippen molar-refractivity contribution in [2.75, 3.05) is 0 Å². The van der Waals surface area contributed by atoms with Crippen molar-refractivity contribution in [3.8, 4) is 11.5 Å². The van der Waals surface area contributed by atoms with Gasteiger partial charge < -0.3 is 14.6 Å². The van der Waals surface area contributed by atoms with E-state index in [4.69, 9.17) is 9.47 Å². The van der Waals surface area contributed by atoms with Crippen LogP contribution in [0.2, 0.25) is 0 Å². The Kier molecular flexibility index (Phi) is 9.91. The molecule has 0 spiro atoms. The largest absolute Gasteiger partial charge is 0.491 e. The summed E-state index contributed by atoms with van der Waals surface area (Å²) in [6, 6.07) is 15.1. The first-order valence-electron chi connectivity index (χ1n) is 9.15. The number of aldehydes is 1. The lowest BCUT2D eigenvalue weighted by Crippen LogP contribution is -2.05. The van der Waals surface area contributed by atoms with Crippen molar-refractivity contribution >= 4 is 12.4 Å². The predicted octanol–water partition coefficient (Wildman–Crippen LogP) is 5.21. The molecule has 0 amide bonds. The van der Waals surface area contributed by atoms with Crippen molar-refractivity contribution in [2.24, 2.45) is 0 Å². The zero-order valence-corrected chi connectivity index (χ0v) is 16.8. The minimum atomic E-state index is -0.409. The molecule has 0 aliphatic rings. The lowest BCUT2D eigenvalue weighted by Gasteiger charge is -2.10. The van der Waals surface area contributed by atoms with Crippen LogP contribution in [0.4, 0.5) is 0 Å². The summed E-state index contributed by atoms with van der Waals surface area (Å²) in [5.74, 6) is 1.70. The van der Waals surface area contributed by atoms with Gasteiger partial charge in [0.2, 0.25) is 0 Å². The highest BCUT2D eigenvalue weighted by Gasteiger charge is 2.01. The highest BCUT2D eigenvalue weighted by Crippen LogP contribution is 2.18. The molecule has 0 saturated heterocycles. The number of carbonyl (C=O) groups is 1. The second-order valence-corrected chi connectivity index (χ2v) is 6.64. The monoisotopic (exact) mass is 370 g/mol. The maximum Gasteiger partial charge on any atom is 0.142 e.